The Labute approximate surface area is 184 Å². The number of aryl methyl sites for hydroxylation is 1. The van der Waals surface area contributed by atoms with E-state index in [1.165, 1.54) is 0 Å². The van der Waals surface area contributed by atoms with Gasteiger partial charge in [0.2, 0.25) is 5.91 Å². The topological polar surface area (TPSA) is 81.8 Å². The van der Waals surface area contributed by atoms with Crippen LogP contribution in [0, 0.1) is 25.2 Å². The molecule has 0 saturated carbocycles. The molecule has 0 aromatic carbocycles. The zero-order valence-corrected chi connectivity index (χ0v) is 18.9. The molecule has 0 atom stereocenters. The van der Waals surface area contributed by atoms with E-state index in [4.69, 9.17) is 4.74 Å². The van der Waals surface area contributed by atoms with Crippen molar-refractivity contribution in [3.63, 3.8) is 0 Å². The van der Waals surface area contributed by atoms with E-state index in [-0.39, 0.29) is 17.4 Å². The summed E-state index contributed by atoms with van der Waals surface area (Å²) < 4.78 is 7.54. The zero-order chi connectivity index (χ0) is 22.4. The Morgan fingerprint density at radius 3 is 2.35 bits per heavy atom. The predicted molar refractivity (Wildman–Crippen MR) is 118 cm³/mol. The molecule has 3 heterocycles. The molecule has 1 aromatic heterocycles. The van der Waals surface area contributed by atoms with Gasteiger partial charge in [-0.15, -0.1) is 0 Å². The third-order valence-corrected chi connectivity index (χ3v) is 6.09. The van der Waals surface area contributed by atoms with E-state index >= 15 is 0 Å². The number of amides is 2. The van der Waals surface area contributed by atoms with Crippen molar-refractivity contribution in [2.45, 2.75) is 33.7 Å². The Morgan fingerprint density at radius 1 is 1.10 bits per heavy atom. The minimum Gasteiger partial charge on any atom is -0.379 e. The fraction of sp³-hybridized carbons (Fsp3) is 0.609. The molecule has 31 heavy (non-hydrogen) atoms. The lowest BCUT2D eigenvalue weighted by Gasteiger charge is -2.36. The molecule has 2 aliphatic heterocycles. The third-order valence-electron chi connectivity index (χ3n) is 6.09. The molecule has 2 fully saturated rings. The molecular weight excluding hydrogens is 394 g/mol. The van der Waals surface area contributed by atoms with Gasteiger partial charge in [0.1, 0.15) is 11.6 Å². The van der Waals surface area contributed by atoms with Crippen molar-refractivity contribution in [2.24, 2.45) is 0 Å². The molecule has 1 aromatic rings. The summed E-state index contributed by atoms with van der Waals surface area (Å²) >= 11 is 0. The average molecular weight is 428 g/mol. The molecule has 3 rings (SSSR count). The van der Waals surface area contributed by atoms with Crippen LogP contribution in [0.5, 0.6) is 0 Å². The number of rotatable bonds is 6. The van der Waals surface area contributed by atoms with Gasteiger partial charge in [-0.3, -0.25) is 14.5 Å². The van der Waals surface area contributed by atoms with Gasteiger partial charge >= 0.3 is 0 Å². The number of ether oxygens (including phenoxy) is 1. The Bertz CT molecular complexity index is 869. The Kier molecular flexibility index (Phi) is 7.88. The van der Waals surface area contributed by atoms with Crippen molar-refractivity contribution >= 4 is 17.9 Å². The van der Waals surface area contributed by atoms with Crippen molar-refractivity contribution in [1.29, 1.82) is 5.26 Å². The lowest BCUT2D eigenvalue weighted by molar-refractivity contribution is -0.139. The lowest BCUT2D eigenvalue weighted by atomic mass is 10.1. The minimum absolute atomic E-state index is 0.0911. The number of aromatic nitrogens is 1. The number of carbonyl (C=O) groups is 2. The van der Waals surface area contributed by atoms with Crippen LogP contribution in [0.3, 0.4) is 0 Å². The summed E-state index contributed by atoms with van der Waals surface area (Å²) in [5, 5.41) is 9.63. The highest BCUT2D eigenvalue weighted by Gasteiger charge is 2.27. The molecule has 0 spiro atoms. The van der Waals surface area contributed by atoms with Gasteiger partial charge in [-0.2, -0.15) is 5.26 Å². The smallest absolute Gasteiger partial charge is 0.264 e. The molecule has 0 aliphatic carbocycles. The molecule has 0 N–H and O–H groups in total. The van der Waals surface area contributed by atoms with Crippen LogP contribution in [0.1, 0.15) is 30.3 Å². The largest absolute Gasteiger partial charge is 0.379 e. The van der Waals surface area contributed by atoms with Crippen molar-refractivity contribution in [1.82, 2.24) is 19.3 Å². The highest BCUT2D eigenvalue weighted by Crippen LogP contribution is 2.20. The molecule has 0 unspecified atom stereocenters. The van der Waals surface area contributed by atoms with Gasteiger partial charge in [-0.25, -0.2) is 0 Å². The summed E-state index contributed by atoms with van der Waals surface area (Å²) in [6.45, 7) is 12.3. The summed E-state index contributed by atoms with van der Waals surface area (Å²) in [7, 11) is 0. The number of hydrogen-bond acceptors (Lipinski definition) is 5. The molecule has 2 amide bonds. The highest BCUT2D eigenvalue weighted by atomic mass is 16.5. The first kappa shape index (κ1) is 23.0. The average Bonchev–Trinajstić information content (AvgIpc) is 3.05. The second-order valence-corrected chi connectivity index (χ2v) is 8.21. The third kappa shape index (κ3) is 5.54. The summed E-state index contributed by atoms with van der Waals surface area (Å²) in [6.07, 6.45) is 2.73. The van der Waals surface area contributed by atoms with Gasteiger partial charge in [0.15, 0.2) is 0 Å². The van der Waals surface area contributed by atoms with E-state index in [0.717, 1.165) is 43.0 Å². The maximum Gasteiger partial charge on any atom is 0.264 e. The standard InChI is InChI=1S/C23H33N5O3/c1-4-5-28-18(2)14-20(19(28)3)15-21(16-24)23(30)27-8-6-26(7-9-27)22(29)17-25-10-12-31-13-11-25/h14-15H,4-13,17H2,1-3H3/b21-15-. The molecule has 2 saturated heterocycles. The van der Waals surface area contributed by atoms with Gasteiger partial charge in [-0.05, 0) is 38.0 Å². The SMILES string of the molecule is CCCn1c(C)cc(/C=C(/C#N)C(=O)N2CCN(C(=O)CN3CCOCC3)CC2)c1C. The van der Waals surface area contributed by atoms with Gasteiger partial charge in [0, 0.05) is 57.2 Å². The summed E-state index contributed by atoms with van der Waals surface area (Å²) in [5.74, 6) is -0.170. The number of nitriles is 1. The summed E-state index contributed by atoms with van der Waals surface area (Å²) in [4.78, 5) is 31.1. The van der Waals surface area contributed by atoms with Crippen LogP contribution in [0.2, 0.25) is 0 Å². The van der Waals surface area contributed by atoms with E-state index in [9.17, 15) is 14.9 Å². The zero-order valence-electron chi connectivity index (χ0n) is 18.9. The Morgan fingerprint density at radius 2 is 1.74 bits per heavy atom. The second-order valence-electron chi connectivity index (χ2n) is 8.21. The quantitative estimate of drug-likeness (QED) is 0.507. The van der Waals surface area contributed by atoms with E-state index in [1.54, 1.807) is 11.0 Å². The number of nitrogens with zero attached hydrogens (tertiary/aromatic N) is 5. The summed E-state index contributed by atoms with van der Waals surface area (Å²) in [6, 6.07) is 4.11. The number of morpholine rings is 1. The van der Waals surface area contributed by atoms with Crippen LogP contribution in [-0.4, -0.2) is 90.1 Å². The molecule has 168 valence electrons. The predicted octanol–water partition coefficient (Wildman–Crippen LogP) is 1.42. The van der Waals surface area contributed by atoms with E-state index in [0.29, 0.717) is 45.9 Å². The van der Waals surface area contributed by atoms with Crippen LogP contribution in [-0.2, 0) is 20.9 Å². The number of carbonyl (C=O) groups excluding carboxylic acids is 2. The monoisotopic (exact) mass is 427 g/mol. The summed E-state index contributed by atoms with van der Waals surface area (Å²) in [5.41, 5.74) is 3.25. The van der Waals surface area contributed by atoms with E-state index in [2.05, 4.69) is 22.5 Å². The van der Waals surface area contributed by atoms with Crippen molar-refractivity contribution in [3.05, 3.63) is 28.6 Å². The van der Waals surface area contributed by atoms with Gasteiger partial charge in [0.05, 0.1) is 19.8 Å². The molecule has 0 bridgehead atoms. The molecule has 2 aliphatic rings. The van der Waals surface area contributed by atoms with Crippen molar-refractivity contribution < 1.29 is 14.3 Å². The van der Waals surface area contributed by atoms with Gasteiger partial charge in [0.25, 0.3) is 5.91 Å². The maximum atomic E-state index is 13.0. The number of hydrogen-bond donors (Lipinski definition) is 0. The van der Waals surface area contributed by atoms with E-state index < -0.39 is 0 Å². The van der Waals surface area contributed by atoms with Gasteiger partial charge in [-0.1, -0.05) is 6.92 Å². The normalized spacial score (nSPS) is 18.2. The Balaban J connectivity index is 1.60. The molecule has 0 radical (unpaired) electrons. The van der Waals surface area contributed by atoms with Crippen LogP contribution in [0.15, 0.2) is 11.6 Å². The van der Waals surface area contributed by atoms with Crippen molar-refractivity contribution in [2.75, 3.05) is 59.0 Å². The fourth-order valence-electron chi connectivity index (χ4n) is 4.22. The molecule has 8 heteroatoms. The fourth-order valence-corrected chi connectivity index (χ4v) is 4.22. The lowest BCUT2D eigenvalue weighted by Crippen LogP contribution is -2.53. The van der Waals surface area contributed by atoms with E-state index in [1.807, 2.05) is 24.8 Å². The van der Waals surface area contributed by atoms with Crippen LogP contribution >= 0.6 is 0 Å². The Hall–Kier alpha value is -2.63. The van der Waals surface area contributed by atoms with Crippen LogP contribution < -0.4 is 0 Å². The highest BCUT2D eigenvalue weighted by molar-refractivity contribution is 6.02. The second kappa shape index (κ2) is 10.6. The first-order valence-corrected chi connectivity index (χ1v) is 11.1. The van der Waals surface area contributed by atoms with Crippen LogP contribution in [0.25, 0.3) is 6.08 Å². The first-order chi connectivity index (χ1) is 14.9. The number of piperazine rings is 1. The maximum absolute atomic E-state index is 13.0. The van der Waals surface area contributed by atoms with Gasteiger partial charge < -0.3 is 19.1 Å². The molecular formula is C23H33N5O3. The van der Waals surface area contributed by atoms with Crippen molar-refractivity contribution in [3.8, 4) is 6.07 Å². The van der Waals surface area contributed by atoms with Crippen LogP contribution in [0.4, 0.5) is 0 Å². The minimum atomic E-state index is -0.261. The first-order valence-electron chi connectivity index (χ1n) is 11.1. The molecule has 8 nitrogen and oxygen atoms in total.